The van der Waals surface area contributed by atoms with Crippen molar-refractivity contribution in [2.75, 3.05) is 0 Å². The van der Waals surface area contributed by atoms with E-state index in [4.69, 9.17) is 5.73 Å². The van der Waals surface area contributed by atoms with Crippen molar-refractivity contribution in [2.45, 2.75) is 39.7 Å². The smallest absolute Gasteiger partial charge is 0.178 e. The fourth-order valence-corrected chi connectivity index (χ4v) is 2.81. The molecular weight excluding hydrogens is 250 g/mol. The van der Waals surface area contributed by atoms with Gasteiger partial charge in [-0.05, 0) is 31.2 Å². The van der Waals surface area contributed by atoms with Gasteiger partial charge in [0, 0.05) is 29.7 Å². The van der Waals surface area contributed by atoms with E-state index in [1.807, 2.05) is 19.2 Å². The maximum absolute atomic E-state index is 6.23. The van der Waals surface area contributed by atoms with Crippen molar-refractivity contribution in [2.24, 2.45) is 11.1 Å². The first-order chi connectivity index (χ1) is 9.44. The van der Waals surface area contributed by atoms with Crippen molar-refractivity contribution in [3.05, 3.63) is 35.5 Å². The van der Waals surface area contributed by atoms with E-state index in [-0.39, 0.29) is 11.5 Å². The minimum absolute atomic E-state index is 0.0231. The summed E-state index contributed by atoms with van der Waals surface area (Å²) in [5, 5.41) is 0. The summed E-state index contributed by atoms with van der Waals surface area (Å²) in [5.41, 5.74) is 9.29. The van der Waals surface area contributed by atoms with Crippen molar-refractivity contribution >= 4 is 0 Å². The van der Waals surface area contributed by atoms with Crippen LogP contribution in [0.15, 0.2) is 18.5 Å². The second-order valence-corrected chi connectivity index (χ2v) is 6.24. The molecule has 104 valence electrons. The zero-order valence-electron chi connectivity index (χ0n) is 12.1. The molecule has 1 aliphatic carbocycles. The third kappa shape index (κ3) is 2.41. The average molecular weight is 269 g/mol. The number of hydrogen-bond acceptors (Lipinski definition) is 5. The quantitative estimate of drug-likeness (QED) is 0.858. The molecule has 1 aliphatic rings. The van der Waals surface area contributed by atoms with E-state index in [9.17, 15) is 0 Å². The Labute approximate surface area is 118 Å². The van der Waals surface area contributed by atoms with Gasteiger partial charge < -0.3 is 5.73 Å². The number of aryl methyl sites for hydroxylation is 1. The van der Waals surface area contributed by atoms with Crippen LogP contribution >= 0.6 is 0 Å². The summed E-state index contributed by atoms with van der Waals surface area (Å²) in [7, 11) is 0. The Hall–Kier alpha value is -1.88. The minimum Gasteiger partial charge on any atom is -0.324 e. The molecule has 0 bridgehead atoms. The van der Waals surface area contributed by atoms with Crippen molar-refractivity contribution < 1.29 is 0 Å². The van der Waals surface area contributed by atoms with Crippen LogP contribution in [0.25, 0.3) is 11.5 Å². The molecule has 20 heavy (non-hydrogen) atoms. The van der Waals surface area contributed by atoms with Gasteiger partial charge in [0.25, 0.3) is 0 Å². The summed E-state index contributed by atoms with van der Waals surface area (Å²) in [6, 6.07) is 1.86. The SMILES string of the molecule is Cc1nccc(-c2ncc3c(n2)CC(C)(C)CC3N)n1. The van der Waals surface area contributed by atoms with Gasteiger partial charge >= 0.3 is 0 Å². The molecule has 2 aromatic rings. The molecule has 0 amide bonds. The fraction of sp³-hybridized carbons (Fsp3) is 0.467. The zero-order valence-corrected chi connectivity index (χ0v) is 12.1. The Bertz CT molecular complexity index is 650. The molecule has 0 radical (unpaired) electrons. The minimum atomic E-state index is 0.0231. The lowest BCUT2D eigenvalue weighted by Gasteiger charge is -2.34. The Morgan fingerprint density at radius 2 is 2.05 bits per heavy atom. The first-order valence-corrected chi connectivity index (χ1v) is 6.86. The Morgan fingerprint density at radius 1 is 1.25 bits per heavy atom. The highest BCUT2D eigenvalue weighted by atomic mass is 15.0. The third-order valence-corrected chi connectivity index (χ3v) is 3.72. The van der Waals surface area contributed by atoms with Crippen LogP contribution in [0.1, 0.15) is 43.4 Å². The van der Waals surface area contributed by atoms with Gasteiger partial charge in [-0.3, -0.25) is 0 Å². The lowest BCUT2D eigenvalue weighted by molar-refractivity contribution is 0.278. The normalized spacial score (nSPS) is 20.5. The van der Waals surface area contributed by atoms with Crippen LogP contribution in [0.3, 0.4) is 0 Å². The van der Waals surface area contributed by atoms with Crippen molar-refractivity contribution in [3.63, 3.8) is 0 Å². The highest BCUT2D eigenvalue weighted by Gasteiger charge is 2.31. The van der Waals surface area contributed by atoms with E-state index in [1.54, 1.807) is 6.20 Å². The number of nitrogens with zero attached hydrogens (tertiary/aromatic N) is 4. The molecule has 0 aromatic carbocycles. The van der Waals surface area contributed by atoms with Crippen LogP contribution in [0.5, 0.6) is 0 Å². The Morgan fingerprint density at radius 3 is 2.80 bits per heavy atom. The highest BCUT2D eigenvalue weighted by Crippen LogP contribution is 2.38. The second-order valence-electron chi connectivity index (χ2n) is 6.24. The van der Waals surface area contributed by atoms with Crippen molar-refractivity contribution in [1.29, 1.82) is 0 Å². The number of aromatic nitrogens is 4. The Balaban J connectivity index is 2.05. The second kappa shape index (κ2) is 4.59. The number of fused-ring (bicyclic) bond motifs is 1. The molecule has 1 unspecified atom stereocenters. The average Bonchev–Trinajstić information content (AvgIpc) is 2.36. The predicted octanol–water partition coefficient (Wildman–Crippen LogP) is 2.21. The third-order valence-electron chi connectivity index (χ3n) is 3.72. The molecule has 3 rings (SSSR count). The molecule has 0 aliphatic heterocycles. The maximum atomic E-state index is 6.23. The highest BCUT2D eigenvalue weighted by molar-refractivity contribution is 5.49. The number of nitrogens with two attached hydrogens (primary N) is 1. The monoisotopic (exact) mass is 269 g/mol. The molecule has 5 heteroatoms. The molecule has 5 nitrogen and oxygen atoms in total. The van der Waals surface area contributed by atoms with Crippen molar-refractivity contribution in [3.8, 4) is 11.5 Å². The maximum Gasteiger partial charge on any atom is 0.178 e. The van der Waals surface area contributed by atoms with Gasteiger partial charge in [0.15, 0.2) is 5.82 Å². The van der Waals surface area contributed by atoms with Crippen LogP contribution in [0.4, 0.5) is 0 Å². The van der Waals surface area contributed by atoms with E-state index in [2.05, 4.69) is 33.8 Å². The van der Waals surface area contributed by atoms with Crippen LogP contribution in [0.2, 0.25) is 0 Å². The van der Waals surface area contributed by atoms with E-state index in [0.29, 0.717) is 5.82 Å². The van der Waals surface area contributed by atoms with Crippen molar-refractivity contribution in [1.82, 2.24) is 19.9 Å². The van der Waals surface area contributed by atoms with Gasteiger partial charge in [-0.1, -0.05) is 13.8 Å². The summed E-state index contributed by atoms with van der Waals surface area (Å²) >= 11 is 0. The van der Waals surface area contributed by atoms with Gasteiger partial charge in [0.2, 0.25) is 0 Å². The van der Waals surface area contributed by atoms with Crippen LogP contribution in [-0.2, 0) is 6.42 Å². The molecule has 0 spiro atoms. The lowest BCUT2D eigenvalue weighted by atomic mass is 9.74. The van der Waals surface area contributed by atoms with Gasteiger partial charge in [0.1, 0.15) is 11.5 Å². The van der Waals surface area contributed by atoms with Crippen LogP contribution in [0, 0.1) is 12.3 Å². The predicted molar refractivity (Wildman–Crippen MR) is 76.8 cm³/mol. The summed E-state index contributed by atoms with van der Waals surface area (Å²) in [6.45, 7) is 6.32. The van der Waals surface area contributed by atoms with E-state index in [1.165, 1.54) is 0 Å². The summed E-state index contributed by atoms with van der Waals surface area (Å²) < 4.78 is 0. The molecule has 2 heterocycles. The summed E-state index contributed by atoms with van der Waals surface area (Å²) in [4.78, 5) is 17.6. The van der Waals surface area contributed by atoms with E-state index < -0.39 is 0 Å². The summed E-state index contributed by atoms with van der Waals surface area (Å²) in [6.07, 6.45) is 5.48. The molecule has 0 saturated carbocycles. The van der Waals surface area contributed by atoms with Crippen LogP contribution in [-0.4, -0.2) is 19.9 Å². The molecule has 2 aromatic heterocycles. The van der Waals surface area contributed by atoms with Gasteiger partial charge in [-0.15, -0.1) is 0 Å². The standard InChI is InChI=1S/C15H19N5/c1-9-17-5-4-12(19-9)14-18-8-10-11(16)6-15(2,3)7-13(10)20-14/h4-5,8,11H,6-7,16H2,1-3H3. The molecule has 1 atom stereocenters. The molecule has 2 N–H and O–H groups in total. The topological polar surface area (TPSA) is 77.6 Å². The first kappa shape index (κ1) is 13.1. The van der Waals surface area contributed by atoms with E-state index in [0.717, 1.165) is 35.6 Å². The van der Waals surface area contributed by atoms with Crippen LogP contribution < -0.4 is 5.73 Å². The number of rotatable bonds is 1. The fourth-order valence-electron chi connectivity index (χ4n) is 2.81. The zero-order chi connectivity index (χ0) is 14.3. The number of hydrogen-bond donors (Lipinski definition) is 1. The molecule has 0 fully saturated rings. The molecular formula is C15H19N5. The summed E-state index contributed by atoms with van der Waals surface area (Å²) in [5.74, 6) is 1.38. The molecule has 0 saturated heterocycles. The lowest BCUT2D eigenvalue weighted by Crippen LogP contribution is -2.30. The van der Waals surface area contributed by atoms with Gasteiger partial charge in [0.05, 0.1) is 0 Å². The largest absolute Gasteiger partial charge is 0.324 e. The first-order valence-electron chi connectivity index (χ1n) is 6.86. The van der Waals surface area contributed by atoms with Gasteiger partial charge in [-0.2, -0.15) is 0 Å². The Kier molecular flexibility index (Phi) is 3.01. The van der Waals surface area contributed by atoms with E-state index >= 15 is 0 Å². The van der Waals surface area contributed by atoms with Gasteiger partial charge in [-0.25, -0.2) is 19.9 Å².